The van der Waals surface area contributed by atoms with Crippen molar-refractivity contribution in [3.63, 3.8) is 0 Å². The number of phenols is 2. The maximum absolute atomic E-state index is 9.61. The Morgan fingerprint density at radius 2 is 1.04 bits per heavy atom. The number of nitrogens with zero attached hydrogens (tertiary/aromatic N) is 2. The van der Waals surface area contributed by atoms with Crippen molar-refractivity contribution in [3.8, 4) is 11.5 Å². The van der Waals surface area contributed by atoms with Crippen LogP contribution in [0.25, 0.3) is 21.8 Å². The molecule has 4 aromatic rings. The zero-order valence-electron chi connectivity index (χ0n) is 18.1. The number of phenolic OH excluding ortho intramolecular Hbond substituents is 2. The maximum atomic E-state index is 9.61. The number of rotatable bonds is 0. The Morgan fingerprint density at radius 1 is 0.667 bits per heavy atom. The summed E-state index contributed by atoms with van der Waals surface area (Å²) in [6, 6.07) is 11.4. The van der Waals surface area contributed by atoms with Gasteiger partial charge in [0.25, 0.3) is 0 Å². The van der Waals surface area contributed by atoms with Gasteiger partial charge in [-0.15, -0.1) is 0 Å². The Balaban J connectivity index is 0.000000490. The van der Waals surface area contributed by atoms with Crippen LogP contribution in [0.5, 0.6) is 11.5 Å². The summed E-state index contributed by atoms with van der Waals surface area (Å²) in [6.07, 6.45) is 3.43. The topological polar surface area (TPSA) is 66.2 Å². The molecule has 0 fully saturated rings. The van der Waals surface area contributed by atoms with Crippen molar-refractivity contribution in [1.29, 1.82) is 0 Å². The SMILES string of the molecule is Cc1cc(O)c2nccc(C)c2c1.Cc1cc(O)c2nccc(C)c2c1.[H-].[H-].[Mg+2]. The fraction of sp³-hybridized carbons (Fsp3) is 0.182. The van der Waals surface area contributed by atoms with E-state index in [2.05, 4.69) is 9.97 Å². The van der Waals surface area contributed by atoms with Crippen LogP contribution in [0.2, 0.25) is 0 Å². The van der Waals surface area contributed by atoms with E-state index < -0.39 is 0 Å². The molecule has 0 radical (unpaired) electrons. The molecule has 2 N–H and O–H groups in total. The number of benzene rings is 2. The summed E-state index contributed by atoms with van der Waals surface area (Å²) in [5, 5.41) is 21.3. The summed E-state index contributed by atoms with van der Waals surface area (Å²) >= 11 is 0. The van der Waals surface area contributed by atoms with Gasteiger partial charge in [-0.1, -0.05) is 0 Å². The van der Waals surface area contributed by atoms with E-state index in [1.54, 1.807) is 24.5 Å². The average molecular weight is 373 g/mol. The van der Waals surface area contributed by atoms with E-state index in [0.717, 1.165) is 33.0 Å². The Kier molecular flexibility index (Phi) is 6.62. The standard InChI is InChI=1S/2C11H11NO.Mg.2H/c2*1-7-5-9-8(2)3-4-12-11(9)10(13)6-7;;;/h2*3-6,13H,1-2H3;;;/q;;+2;2*-1. The van der Waals surface area contributed by atoms with Gasteiger partial charge in [-0.25, -0.2) is 0 Å². The number of hydrogen-bond acceptors (Lipinski definition) is 4. The third-order valence-corrected chi connectivity index (χ3v) is 4.37. The first-order valence-corrected chi connectivity index (χ1v) is 8.46. The van der Waals surface area contributed by atoms with Crippen molar-refractivity contribution in [2.75, 3.05) is 0 Å². The van der Waals surface area contributed by atoms with Gasteiger partial charge in [0.05, 0.1) is 0 Å². The van der Waals surface area contributed by atoms with Crippen LogP contribution in [-0.2, 0) is 0 Å². The molecule has 0 atom stereocenters. The number of hydrogen-bond donors (Lipinski definition) is 2. The van der Waals surface area contributed by atoms with Crippen LogP contribution < -0.4 is 0 Å². The second-order valence-corrected chi connectivity index (χ2v) is 6.62. The Morgan fingerprint density at radius 3 is 1.41 bits per heavy atom. The summed E-state index contributed by atoms with van der Waals surface area (Å²) < 4.78 is 0. The van der Waals surface area contributed by atoms with Crippen LogP contribution in [0.1, 0.15) is 25.1 Å². The molecule has 2 aromatic carbocycles. The average Bonchev–Trinajstić information content (AvgIpc) is 2.57. The predicted molar refractivity (Wildman–Crippen MR) is 114 cm³/mol. The van der Waals surface area contributed by atoms with E-state index in [0.29, 0.717) is 11.0 Å². The molecular formula is C22H24MgN2O2. The van der Waals surface area contributed by atoms with Crippen LogP contribution >= 0.6 is 0 Å². The molecule has 2 heterocycles. The van der Waals surface area contributed by atoms with Crippen LogP contribution in [0.3, 0.4) is 0 Å². The van der Waals surface area contributed by atoms with Crippen LogP contribution in [0.4, 0.5) is 0 Å². The molecule has 0 spiro atoms. The fourth-order valence-corrected chi connectivity index (χ4v) is 3.02. The molecule has 2 aromatic heterocycles. The van der Waals surface area contributed by atoms with Gasteiger partial charge >= 0.3 is 23.1 Å². The number of pyridine rings is 2. The first kappa shape index (κ1) is 20.9. The number of aromatic nitrogens is 2. The summed E-state index contributed by atoms with van der Waals surface area (Å²) in [4.78, 5) is 8.27. The molecule has 4 rings (SSSR count). The summed E-state index contributed by atoms with van der Waals surface area (Å²) in [5.41, 5.74) is 5.77. The van der Waals surface area contributed by atoms with Gasteiger partial charge in [0, 0.05) is 23.2 Å². The summed E-state index contributed by atoms with van der Waals surface area (Å²) in [7, 11) is 0. The second kappa shape index (κ2) is 8.54. The largest absolute Gasteiger partial charge is 2.00 e. The smallest absolute Gasteiger partial charge is 1.00 e. The minimum atomic E-state index is 0. The number of fused-ring (bicyclic) bond motifs is 2. The van der Waals surface area contributed by atoms with Gasteiger partial charge in [0.1, 0.15) is 22.5 Å². The van der Waals surface area contributed by atoms with Crippen molar-refractivity contribution in [2.45, 2.75) is 27.7 Å². The van der Waals surface area contributed by atoms with Gasteiger partial charge in [0.15, 0.2) is 0 Å². The predicted octanol–water partition coefficient (Wildman–Crippen LogP) is 4.96. The number of aryl methyl sites for hydroxylation is 4. The molecule has 0 saturated carbocycles. The zero-order chi connectivity index (χ0) is 18.8. The molecule has 0 unspecified atom stereocenters. The van der Waals surface area contributed by atoms with Crippen LogP contribution in [-0.4, -0.2) is 43.2 Å². The Labute approximate surface area is 178 Å². The normalized spacial score (nSPS) is 10.2. The van der Waals surface area contributed by atoms with E-state index >= 15 is 0 Å². The van der Waals surface area contributed by atoms with Crippen molar-refractivity contribution in [2.24, 2.45) is 0 Å². The van der Waals surface area contributed by atoms with Gasteiger partial charge in [0.2, 0.25) is 0 Å². The zero-order valence-corrected chi connectivity index (χ0v) is 17.5. The van der Waals surface area contributed by atoms with E-state index in [1.165, 1.54) is 0 Å². The van der Waals surface area contributed by atoms with Gasteiger partial charge in [-0.2, -0.15) is 0 Å². The van der Waals surface area contributed by atoms with Crippen molar-refractivity contribution in [3.05, 3.63) is 71.0 Å². The first-order valence-electron chi connectivity index (χ1n) is 8.46. The molecule has 0 aliphatic carbocycles. The molecule has 0 aliphatic rings. The minimum Gasteiger partial charge on any atom is -1.00 e. The summed E-state index contributed by atoms with van der Waals surface area (Å²) in [6.45, 7) is 7.96. The number of aromatic hydroxyl groups is 2. The molecule has 0 amide bonds. The fourth-order valence-electron chi connectivity index (χ4n) is 3.02. The molecule has 5 heteroatoms. The summed E-state index contributed by atoms with van der Waals surface area (Å²) in [5.74, 6) is 0.525. The molecule has 0 aliphatic heterocycles. The van der Waals surface area contributed by atoms with E-state index in [9.17, 15) is 10.2 Å². The third kappa shape index (κ3) is 4.49. The molecule has 0 saturated heterocycles. The Bertz CT molecular complexity index is 1030. The quantitative estimate of drug-likeness (QED) is 0.428. The maximum Gasteiger partial charge on any atom is 2.00 e. The molecule has 0 bridgehead atoms. The third-order valence-electron chi connectivity index (χ3n) is 4.37. The monoisotopic (exact) mass is 372 g/mol. The van der Waals surface area contributed by atoms with Crippen LogP contribution in [0.15, 0.2) is 48.8 Å². The molecule has 4 nitrogen and oxygen atoms in total. The Hall–Kier alpha value is -2.37. The van der Waals surface area contributed by atoms with Crippen molar-refractivity contribution < 1.29 is 13.1 Å². The second-order valence-electron chi connectivity index (χ2n) is 6.62. The molecule has 136 valence electrons. The first-order chi connectivity index (χ1) is 12.4. The molecular weight excluding hydrogens is 349 g/mol. The van der Waals surface area contributed by atoms with E-state index in [1.807, 2.05) is 52.0 Å². The van der Waals surface area contributed by atoms with Gasteiger partial charge in [-0.3, -0.25) is 9.97 Å². The van der Waals surface area contributed by atoms with Gasteiger partial charge in [-0.05, 0) is 86.3 Å². The van der Waals surface area contributed by atoms with Crippen molar-refractivity contribution >= 4 is 44.9 Å². The van der Waals surface area contributed by atoms with Crippen molar-refractivity contribution in [1.82, 2.24) is 9.97 Å². The van der Waals surface area contributed by atoms with E-state index in [4.69, 9.17) is 0 Å². The minimum absolute atomic E-state index is 0. The van der Waals surface area contributed by atoms with E-state index in [-0.39, 0.29) is 37.4 Å². The van der Waals surface area contributed by atoms with Crippen LogP contribution in [0, 0.1) is 27.7 Å². The van der Waals surface area contributed by atoms with Gasteiger partial charge < -0.3 is 13.1 Å². The molecule has 27 heavy (non-hydrogen) atoms.